The molecule has 0 aromatic heterocycles. The predicted octanol–water partition coefficient (Wildman–Crippen LogP) is 7.69. The summed E-state index contributed by atoms with van der Waals surface area (Å²) in [4.78, 5) is 0. The van der Waals surface area contributed by atoms with Crippen molar-refractivity contribution in [2.45, 2.75) is 25.7 Å². The first-order valence-corrected chi connectivity index (χ1v) is 14.2. The minimum Gasteiger partial charge on any atom is -0.0839 e. The number of benzene rings is 1. The van der Waals surface area contributed by atoms with Gasteiger partial charge in [0.05, 0.1) is 0 Å². The molecule has 0 saturated heterocycles. The van der Waals surface area contributed by atoms with Crippen LogP contribution in [0.2, 0.25) is 0 Å². The quantitative estimate of drug-likeness (QED) is 0.399. The van der Waals surface area contributed by atoms with Gasteiger partial charge >= 0.3 is 0 Å². The van der Waals surface area contributed by atoms with E-state index in [1.165, 1.54) is 43.9 Å². The highest BCUT2D eigenvalue weighted by atomic mass is 14.4. The lowest BCUT2D eigenvalue weighted by atomic mass is 9.65. The van der Waals surface area contributed by atoms with Crippen molar-refractivity contribution in [1.29, 1.82) is 0 Å². The van der Waals surface area contributed by atoms with E-state index in [0.717, 1.165) is 25.7 Å². The Labute approximate surface area is 226 Å². The first kappa shape index (κ1) is 23.2. The van der Waals surface area contributed by atoms with Crippen molar-refractivity contribution in [1.82, 2.24) is 0 Å². The molecule has 0 aliphatic heterocycles. The summed E-state index contributed by atoms with van der Waals surface area (Å²) < 4.78 is 0. The van der Waals surface area contributed by atoms with Gasteiger partial charge in [0.1, 0.15) is 0 Å². The SMILES string of the molecule is C1=CC2C(\C3=C/C=C\C=C/C=C(\C4=c5ccccc5=CCC4)C4C=CC=CC34)=CC3=C(C=CCC3)C2C=C1. The lowest BCUT2D eigenvalue weighted by Crippen LogP contribution is -2.32. The molecule has 0 fully saturated rings. The molecule has 6 aliphatic rings. The largest absolute Gasteiger partial charge is 0.0839 e. The van der Waals surface area contributed by atoms with Crippen LogP contribution in [-0.4, -0.2) is 0 Å². The highest BCUT2D eigenvalue weighted by Crippen LogP contribution is 2.48. The number of fused-ring (bicyclic) bond motifs is 4. The van der Waals surface area contributed by atoms with Gasteiger partial charge in [-0.25, -0.2) is 0 Å². The Balaban J connectivity index is 1.40. The molecule has 0 nitrogen and oxygen atoms in total. The number of rotatable bonds is 2. The van der Waals surface area contributed by atoms with E-state index < -0.39 is 0 Å². The first-order chi connectivity index (χ1) is 18.9. The molecule has 0 spiro atoms. The topological polar surface area (TPSA) is 0 Å². The van der Waals surface area contributed by atoms with Gasteiger partial charge in [-0.1, -0.05) is 134 Å². The summed E-state index contributed by atoms with van der Waals surface area (Å²) in [6, 6.07) is 8.94. The summed E-state index contributed by atoms with van der Waals surface area (Å²) in [6.45, 7) is 0. The Morgan fingerprint density at radius 2 is 1.26 bits per heavy atom. The van der Waals surface area contributed by atoms with E-state index in [-0.39, 0.29) is 0 Å². The van der Waals surface area contributed by atoms with Gasteiger partial charge < -0.3 is 0 Å². The molecular weight excluding hydrogens is 456 g/mol. The molecule has 4 atom stereocenters. The van der Waals surface area contributed by atoms with Crippen LogP contribution in [0, 0.1) is 23.7 Å². The van der Waals surface area contributed by atoms with Gasteiger partial charge in [-0.15, -0.1) is 0 Å². The van der Waals surface area contributed by atoms with Gasteiger partial charge in [0.25, 0.3) is 0 Å². The third-order valence-corrected chi connectivity index (χ3v) is 8.90. The van der Waals surface area contributed by atoms with E-state index in [9.17, 15) is 0 Å². The van der Waals surface area contributed by atoms with E-state index in [0.29, 0.717) is 23.7 Å². The maximum atomic E-state index is 2.55. The molecule has 0 amide bonds. The van der Waals surface area contributed by atoms with Gasteiger partial charge in [-0.3, -0.25) is 0 Å². The Bertz CT molecular complexity index is 1610. The van der Waals surface area contributed by atoms with Crippen molar-refractivity contribution in [3.63, 3.8) is 0 Å². The van der Waals surface area contributed by atoms with Crippen LogP contribution in [0.4, 0.5) is 0 Å². The second-order valence-corrected chi connectivity index (χ2v) is 11.0. The van der Waals surface area contributed by atoms with Crippen molar-refractivity contribution in [3.05, 3.63) is 166 Å². The molecule has 0 radical (unpaired) electrons. The molecule has 0 heterocycles. The maximum Gasteiger partial charge on any atom is 0.0128 e. The normalized spacial score (nSPS) is 33.4. The molecule has 7 rings (SSSR count). The summed E-state index contributed by atoms with van der Waals surface area (Å²) in [7, 11) is 0. The van der Waals surface area contributed by atoms with Crippen molar-refractivity contribution >= 4 is 11.6 Å². The fourth-order valence-electron chi connectivity index (χ4n) is 7.16. The second-order valence-electron chi connectivity index (χ2n) is 11.0. The highest BCUT2D eigenvalue weighted by Gasteiger charge is 2.36. The van der Waals surface area contributed by atoms with Crippen molar-refractivity contribution in [3.8, 4) is 0 Å². The fraction of sp³-hybridized carbons (Fsp3) is 0.211. The van der Waals surface area contributed by atoms with Crippen LogP contribution >= 0.6 is 0 Å². The molecule has 0 N–H and O–H groups in total. The Morgan fingerprint density at radius 3 is 2.08 bits per heavy atom. The highest BCUT2D eigenvalue weighted by molar-refractivity contribution is 5.70. The van der Waals surface area contributed by atoms with Gasteiger partial charge in [-0.05, 0) is 69.6 Å². The van der Waals surface area contributed by atoms with Crippen molar-refractivity contribution in [2.24, 2.45) is 23.7 Å². The minimum absolute atomic E-state index is 0.292. The third-order valence-electron chi connectivity index (χ3n) is 8.90. The monoisotopic (exact) mass is 490 g/mol. The minimum atomic E-state index is 0.292. The van der Waals surface area contributed by atoms with E-state index in [1.807, 2.05) is 0 Å². The van der Waals surface area contributed by atoms with Crippen LogP contribution in [0.1, 0.15) is 25.7 Å². The molecular formula is C38H34. The summed E-state index contributed by atoms with van der Waals surface area (Å²) in [5, 5.41) is 2.78. The van der Waals surface area contributed by atoms with Crippen LogP contribution in [0.25, 0.3) is 11.6 Å². The van der Waals surface area contributed by atoms with Crippen molar-refractivity contribution < 1.29 is 0 Å². The summed E-state index contributed by atoms with van der Waals surface area (Å²) in [6.07, 6.45) is 46.6. The van der Waals surface area contributed by atoms with E-state index in [4.69, 9.17) is 0 Å². The first-order valence-electron chi connectivity index (χ1n) is 14.2. The fourth-order valence-corrected chi connectivity index (χ4v) is 7.16. The summed E-state index contributed by atoms with van der Waals surface area (Å²) in [5.41, 5.74) is 8.97. The molecule has 1 aromatic rings. The molecule has 0 heteroatoms. The zero-order valence-corrected chi connectivity index (χ0v) is 21.8. The van der Waals surface area contributed by atoms with Gasteiger partial charge in [-0.2, -0.15) is 0 Å². The average molecular weight is 491 g/mol. The zero-order chi connectivity index (χ0) is 25.3. The molecule has 0 saturated carbocycles. The van der Waals surface area contributed by atoms with Gasteiger partial charge in [0.2, 0.25) is 0 Å². The smallest absolute Gasteiger partial charge is 0.0128 e. The van der Waals surface area contributed by atoms with Gasteiger partial charge in [0, 0.05) is 23.7 Å². The number of allylic oxidation sites excluding steroid dienone is 22. The number of hydrogen-bond donors (Lipinski definition) is 0. The second kappa shape index (κ2) is 10.1. The average Bonchev–Trinajstić information content (AvgIpc) is 2.99. The van der Waals surface area contributed by atoms with E-state index >= 15 is 0 Å². The standard InChI is InChI=1S/C38H34/c1-2-4-20-37(38-26-28-15-6-8-18-30(28)31-21-9-12-24-36(31)38)35-23-11-10-22-34(35)33(19-3-1)32-25-13-16-27-14-5-7-17-29(27)32/h1-5,7-12,14,16-24,26,31,34-36H,6,13,15,25H2/b3-1-,4-2-,33-19+,37-20-. The lowest BCUT2D eigenvalue weighted by Gasteiger charge is -2.39. The third kappa shape index (κ3) is 4.09. The molecule has 1 aromatic carbocycles. The molecule has 186 valence electrons. The van der Waals surface area contributed by atoms with Crippen LogP contribution in [0.15, 0.2) is 155 Å². The molecule has 4 unspecified atom stereocenters. The molecule has 0 bridgehead atoms. The van der Waals surface area contributed by atoms with Gasteiger partial charge in [0.15, 0.2) is 0 Å². The maximum absolute atomic E-state index is 2.55. The predicted molar refractivity (Wildman–Crippen MR) is 161 cm³/mol. The number of hydrogen-bond acceptors (Lipinski definition) is 0. The molecule has 6 aliphatic carbocycles. The Kier molecular flexibility index (Phi) is 6.18. The van der Waals surface area contributed by atoms with Crippen molar-refractivity contribution in [2.75, 3.05) is 0 Å². The van der Waals surface area contributed by atoms with E-state index in [2.05, 4.69) is 134 Å². The summed E-state index contributed by atoms with van der Waals surface area (Å²) >= 11 is 0. The van der Waals surface area contributed by atoms with Crippen LogP contribution in [-0.2, 0) is 0 Å². The zero-order valence-electron chi connectivity index (χ0n) is 21.8. The Hall–Kier alpha value is -3.90. The molecule has 38 heavy (non-hydrogen) atoms. The van der Waals surface area contributed by atoms with Crippen LogP contribution in [0.3, 0.4) is 0 Å². The Morgan fingerprint density at radius 1 is 0.579 bits per heavy atom. The summed E-state index contributed by atoms with van der Waals surface area (Å²) in [5.74, 6) is 1.40. The van der Waals surface area contributed by atoms with Crippen LogP contribution in [0.5, 0.6) is 0 Å². The van der Waals surface area contributed by atoms with E-state index in [1.54, 1.807) is 0 Å². The lowest BCUT2D eigenvalue weighted by molar-refractivity contribution is 0.553. The van der Waals surface area contributed by atoms with Crippen LogP contribution < -0.4 is 10.4 Å².